The number of carboxylic acids is 1. The minimum atomic E-state index is -5.08. The minimum Gasteiger partial charge on any atom is -0.475 e. The monoisotopic (exact) mass is 650 g/mol. The highest BCUT2D eigenvalue weighted by Gasteiger charge is 2.68. The van der Waals surface area contributed by atoms with Crippen LogP contribution in [0.4, 0.5) is 13.2 Å². The second-order valence-corrected chi connectivity index (χ2v) is 11.0. The molecule has 2 aliphatic rings. The van der Waals surface area contributed by atoms with Gasteiger partial charge in [0.15, 0.2) is 0 Å². The van der Waals surface area contributed by atoms with Gasteiger partial charge in [0.1, 0.15) is 5.54 Å². The van der Waals surface area contributed by atoms with E-state index in [4.69, 9.17) is 37.8 Å². The lowest BCUT2D eigenvalue weighted by atomic mass is 9.76. The standard InChI is InChI=1S/C29H26Cl2N2O4.C2HF3O2/c1-3-33-26(34)23-24(27(33)35)29(28(36)37-2,16-17-7-5-4-6-8-17)32-25(23)19-11-9-18(10-12-19)20-13-14-21(30)22(31)15-20;3-2(4,5)1(6)7/h4-15,23-25,32H,3,16H2,1-2H3;(H,6,7)/t23?,24?,25?,29-;/m1./s1. The number of halogens is 5. The van der Waals surface area contributed by atoms with E-state index < -0.39 is 41.5 Å². The van der Waals surface area contributed by atoms with Crippen LogP contribution in [0.2, 0.25) is 10.0 Å². The number of carbonyl (C=O) groups is 4. The van der Waals surface area contributed by atoms with Crippen LogP contribution in [0.15, 0.2) is 72.8 Å². The summed E-state index contributed by atoms with van der Waals surface area (Å²) < 4.78 is 37.0. The molecule has 0 radical (unpaired) electrons. The van der Waals surface area contributed by atoms with Gasteiger partial charge in [-0.15, -0.1) is 0 Å². The number of hydrogen-bond donors (Lipinski definition) is 2. The molecule has 4 atom stereocenters. The van der Waals surface area contributed by atoms with Gasteiger partial charge in [0.05, 0.1) is 29.0 Å². The van der Waals surface area contributed by atoms with Crippen molar-refractivity contribution in [2.24, 2.45) is 11.8 Å². The molecule has 0 bridgehead atoms. The van der Waals surface area contributed by atoms with E-state index in [-0.39, 0.29) is 24.8 Å². The first-order valence-electron chi connectivity index (χ1n) is 13.4. The number of rotatable bonds is 6. The van der Waals surface area contributed by atoms with Crippen molar-refractivity contribution in [1.82, 2.24) is 10.2 Å². The molecule has 2 saturated heterocycles. The summed E-state index contributed by atoms with van der Waals surface area (Å²) in [6, 6.07) is 22.0. The Morgan fingerprint density at radius 2 is 1.55 bits per heavy atom. The van der Waals surface area contributed by atoms with Crippen molar-refractivity contribution in [3.8, 4) is 11.1 Å². The number of methoxy groups -OCH3 is 1. The van der Waals surface area contributed by atoms with Crippen LogP contribution in [0.1, 0.15) is 24.1 Å². The minimum absolute atomic E-state index is 0.218. The topological polar surface area (TPSA) is 113 Å². The van der Waals surface area contributed by atoms with Gasteiger partial charge in [0, 0.05) is 19.0 Å². The summed E-state index contributed by atoms with van der Waals surface area (Å²) >= 11 is 12.3. The quantitative estimate of drug-likeness (QED) is 0.259. The van der Waals surface area contributed by atoms with Crippen molar-refractivity contribution in [3.05, 3.63) is 94.0 Å². The number of likely N-dealkylation sites (tertiary alicyclic amines) is 1. The second-order valence-electron chi connectivity index (χ2n) is 10.2. The number of ether oxygens (including phenoxy) is 1. The average molecular weight is 651 g/mol. The fourth-order valence-corrected chi connectivity index (χ4v) is 6.04. The maximum Gasteiger partial charge on any atom is 0.490 e. The third kappa shape index (κ3) is 6.31. The first-order valence-corrected chi connectivity index (χ1v) is 14.1. The molecule has 2 fully saturated rings. The highest BCUT2D eigenvalue weighted by Crippen LogP contribution is 2.50. The molecule has 5 rings (SSSR count). The van der Waals surface area contributed by atoms with Gasteiger partial charge in [-0.2, -0.15) is 13.2 Å². The van der Waals surface area contributed by atoms with Gasteiger partial charge in [-0.1, -0.05) is 83.9 Å². The van der Waals surface area contributed by atoms with E-state index in [0.29, 0.717) is 10.0 Å². The molecule has 0 aromatic heterocycles. The number of aliphatic carboxylic acids is 1. The molecule has 2 heterocycles. The Morgan fingerprint density at radius 3 is 2.07 bits per heavy atom. The van der Waals surface area contributed by atoms with Crippen LogP contribution in [-0.4, -0.2) is 59.1 Å². The van der Waals surface area contributed by atoms with Crippen molar-refractivity contribution in [2.75, 3.05) is 13.7 Å². The first-order chi connectivity index (χ1) is 20.7. The fourth-order valence-electron chi connectivity index (χ4n) is 5.74. The normalized spacial score (nSPS) is 22.7. The Labute approximate surface area is 260 Å². The average Bonchev–Trinajstić information content (AvgIpc) is 3.47. The van der Waals surface area contributed by atoms with Crippen molar-refractivity contribution in [3.63, 3.8) is 0 Å². The van der Waals surface area contributed by atoms with E-state index in [0.717, 1.165) is 22.3 Å². The summed E-state index contributed by atoms with van der Waals surface area (Å²) in [5.74, 6) is -5.55. The number of carbonyl (C=O) groups excluding carboxylic acids is 3. The lowest BCUT2D eigenvalue weighted by molar-refractivity contribution is -0.192. The molecule has 0 saturated carbocycles. The Hall–Kier alpha value is -3.93. The number of amides is 2. The van der Waals surface area contributed by atoms with Crippen molar-refractivity contribution in [2.45, 2.75) is 31.1 Å². The zero-order valence-corrected chi connectivity index (χ0v) is 24.9. The van der Waals surface area contributed by atoms with Crippen LogP contribution in [0.5, 0.6) is 0 Å². The van der Waals surface area contributed by atoms with Crippen LogP contribution >= 0.6 is 23.2 Å². The maximum atomic E-state index is 13.6. The number of alkyl halides is 3. The number of hydrogen-bond acceptors (Lipinski definition) is 6. The molecule has 13 heteroatoms. The third-order valence-electron chi connectivity index (χ3n) is 7.70. The Kier molecular flexibility index (Phi) is 9.72. The van der Waals surface area contributed by atoms with Crippen LogP contribution in [-0.2, 0) is 30.3 Å². The van der Waals surface area contributed by atoms with Crippen molar-refractivity contribution >= 4 is 47.0 Å². The van der Waals surface area contributed by atoms with E-state index in [1.165, 1.54) is 12.0 Å². The van der Waals surface area contributed by atoms with Gasteiger partial charge in [0.25, 0.3) is 0 Å². The molecule has 232 valence electrons. The molecule has 44 heavy (non-hydrogen) atoms. The highest BCUT2D eigenvalue weighted by atomic mass is 35.5. The largest absolute Gasteiger partial charge is 0.490 e. The van der Waals surface area contributed by atoms with Crippen LogP contribution in [0.25, 0.3) is 11.1 Å². The number of esters is 1. The molecule has 3 aromatic carbocycles. The highest BCUT2D eigenvalue weighted by molar-refractivity contribution is 6.42. The molecule has 3 unspecified atom stereocenters. The van der Waals surface area contributed by atoms with Crippen LogP contribution in [0, 0.1) is 11.8 Å². The summed E-state index contributed by atoms with van der Waals surface area (Å²) in [6.45, 7) is 2.01. The molecule has 2 aliphatic heterocycles. The summed E-state index contributed by atoms with van der Waals surface area (Å²) in [5.41, 5.74) is 2.10. The summed E-state index contributed by atoms with van der Waals surface area (Å²) in [6.07, 6.45) is -4.86. The van der Waals surface area contributed by atoms with Gasteiger partial charge in [-0.05, 0) is 41.3 Å². The smallest absolute Gasteiger partial charge is 0.475 e. The molecule has 2 N–H and O–H groups in total. The van der Waals surface area contributed by atoms with E-state index >= 15 is 0 Å². The van der Waals surface area contributed by atoms with Crippen LogP contribution in [0.3, 0.4) is 0 Å². The lowest BCUT2D eigenvalue weighted by Crippen LogP contribution is -2.57. The van der Waals surface area contributed by atoms with Crippen molar-refractivity contribution < 1.29 is 42.2 Å². The maximum absolute atomic E-state index is 13.6. The second kappa shape index (κ2) is 13.0. The fraction of sp³-hybridized carbons (Fsp3) is 0.290. The number of nitrogens with zero attached hydrogens (tertiary/aromatic N) is 1. The summed E-state index contributed by atoms with van der Waals surface area (Å²) in [4.78, 5) is 50.6. The van der Waals surface area contributed by atoms with Gasteiger partial charge >= 0.3 is 18.1 Å². The van der Waals surface area contributed by atoms with E-state index in [9.17, 15) is 27.6 Å². The number of imide groups is 1. The Bertz CT molecular complexity index is 1570. The number of benzene rings is 3. The zero-order chi connectivity index (χ0) is 32.4. The Balaban J connectivity index is 0.000000566. The van der Waals surface area contributed by atoms with E-state index in [2.05, 4.69) is 5.32 Å². The molecular formula is C31H27Cl2F3N2O6. The SMILES string of the molecule is CCN1C(=O)C2C(c3ccc(-c4ccc(Cl)c(Cl)c4)cc3)N[C@@](Cc3ccccc3)(C(=O)OC)C2C1=O.O=C(O)C(F)(F)F. The molecule has 8 nitrogen and oxygen atoms in total. The van der Waals surface area contributed by atoms with Gasteiger partial charge in [0.2, 0.25) is 11.8 Å². The summed E-state index contributed by atoms with van der Waals surface area (Å²) in [5, 5.41) is 11.5. The Morgan fingerprint density at radius 1 is 0.955 bits per heavy atom. The van der Waals surface area contributed by atoms with Crippen molar-refractivity contribution in [1.29, 1.82) is 0 Å². The van der Waals surface area contributed by atoms with E-state index in [1.807, 2.05) is 60.7 Å². The summed E-state index contributed by atoms with van der Waals surface area (Å²) in [7, 11) is 1.31. The van der Waals surface area contributed by atoms with Gasteiger partial charge in [-0.3, -0.25) is 24.6 Å². The molecule has 0 aliphatic carbocycles. The van der Waals surface area contributed by atoms with E-state index in [1.54, 1.807) is 19.1 Å². The van der Waals surface area contributed by atoms with Gasteiger partial charge < -0.3 is 9.84 Å². The molecule has 2 amide bonds. The number of fused-ring (bicyclic) bond motifs is 1. The number of nitrogens with one attached hydrogen (secondary N) is 1. The lowest BCUT2D eigenvalue weighted by Gasteiger charge is -2.32. The third-order valence-corrected chi connectivity index (χ3v) is 8.44. The predicted molar refractivity (Wildman–Crippen MR) is 156 cm³/mol. The predicted octanol–water partition coefficient (Wildman–Crippen LogP) is 5.71. The van der Waals surface area contributed by atoms with Crippen LogP contribution < -0.4 is 5.32 Å². The molecule has 3 aromatic rings. The number of carboxylic acid groups (broad SMARTS) is 1. The molecule has 0 spiro atoms. The van der Waals surface area contributed by atoms with Gasteiger partial charge in [-0.25, -0.2) is 4.79 Å². The first kappa shape index (κ1) is 33.0. The zero-order valence-electron chi connectivity index (χ0n) is 23.4. The molecular weight excluding hydrogens is 624 g/mol.